The van der Waals surface area contributed by atoms with Crippen LogP contribution in [0.25, 0.3) is 0 Å². The summed E-state index contributed by atoms with van der Waals surface area (Å²) in [6, 6.07) is 7.63. The summed E-state index contributed by atoms with van der Waals surface area (Å²) in [6.45, 7) is 4.34. The molecule has 0 unspecified atom stereocenters. The Morgan fingerprint density at radius 2 is 1.95 bits per heavy atom. The number of benzene rings is 1. The number of rotatable bonds is 2. The third kappa shape index (κ3) is 2.76. The minimum absolute atomic E-state index is 0.0559. The van der Waals surface area contributed by atoms with Gasteiger partial charge in [-0.15, -0.1) is 0 Å². The van der Waals surface area contributed by atoms with Gasteiger partial charge in [-0.3, -0.25) is 0 Å². The molecule has 102 valence electrons. The molecule has 0 saturated carbocycles. The molecule has 2 aliphatic rings. The van der Waals surface area contributed by atoms with Crippen molar-refractivity contribution in [3.8, 4) is 0 Å². The van der Waals surface area contributed by atoms with E-state index in [4.69, 9.17) is 25.9 Å². The van der Waals surface area contributed by atoms with E-state index in [9.17, 15) is 0 Å². The van der Waals surface area contributed by atoms with Gasteiger partial charge in [0.15, 0.2) is 11.9 Å². The second kappa shape index (κ2) is 4.78. The van der Waals surface area contributed by atoms with Gasteiger partial charge in [0, 0.05) is 11.4 Å². The number of hydrogen-bond donors (Lipinski definition) is 0. The van der Waals surface area contributed by atoms with Crippen LogP contribution in [0.5, 0.6) is 0 Å². The van der Waals surface area contributed by atoms with Gasteiger partial charge in [0.05, 0.1) is 12.3 Å². The summed E-state index contributed by atoms with van der Waals surface area (Å²) in [5.41, 5.74) is 1.98. The molecule has 1 fully saturated rings. The second-order valence-corrected chi connectivity index (χ2v) is 5.69. The molecule has 0 bridgehead atoms. The normalized spacial score (nSPS) is 29.1. The van der Waals surface area contributed by atoms with Crippen molar-refractivity contribution >= 4 is 17.3 Å². The SMILES string of the molecule is CC1(C)OC[C@@H](C2=NO[C@H](c3ccc(Cl)cc3)C2)O1. The number of ether oxygens (including phenoxy) is 2. The molecule has 5 heteroatoms. The number of nitrogens with zero attached hydrogens (tertiary/aromatic N) is 1. The van der Waals surface area contributed by atoms with Gasteiger partial charge in [-0.05, 0) is 31.5 Å². The van der Waals surface area contributed by atoms with Gasteiger partial charge in [0.1, 0.15) is 6.10 Å². The van der Waals surface area contributed by atoms with Crippen LogP contribution in [0, 0.1) is 0 Å². The van der Waals surface area contributed by atoms with Gasteiger partial charge in [0.25, 0.3) is 0 Å². The minimum atomic E-state index is -0.536. The third-order valence-electron chi connectivity index (χ3n) is 3.31. The highest BCUT2D eigenvalue weighted by molar-refractivity contribution is 6.30. The Labute approximate surface area is 117 Å². The van der Waals surface area contributed by atoms with Crippen molar-refractivity contribution in [1.29, 1.82) is 0 Å². The predicted octanol–water partition coefficient (Wildman–Crippen LogP) is 3.31. The number of halogens is 1. The van der Waals surface area contributed by atoms with Gasteiger partial charge in [0.2, 0.25) is 0 Å². The van der Waals surface area contributed by atoms with Gasteiger partial charge in [-0.1, -0.05) is 28.9 Å². The summed E-state index contributed by atoms with van der Waals surface area (Å²) in [5, 5.41) is 4.86. The van der Waals surface area contributed by atoms with Crippen LogP contribution in [0.2, 0.25) is 5.02 Å². The molecule has 2 atom stereocenters. The fraction of sp³-hybridized carbons (Fsp3) is 0.500. The van der Waals surface area contributed by atoms with Crippen molar-refractivity contribution in [3.05, 3.63) is 34.9 Å². The summed E-state index contributed by atoms with van der Waals surface area (Å²) in [5.74, 6) is -0.536. The van der Waals surface area contributed by atoms with E-state index in [1.54, 1.807) is 0 Å². The zero-order chi connectivity index (χ0) is 13.5. The standard InChI is InChI=1S/C14H16ClNO3/c1-14(2)17-8-13(18-14)11-7-12(19-16-11)9-3-5-10(15)6-4-9/h3-6,12-13H,7-8H2,1-2H3/t12-,13-/m0/s1. The molecule has 0 aromatic heterocycles. The first-order valence-corrected chi connectivity index (χ1v) is 6.71. The molecule has 1 saturated heterocycles. The van der Waals surface area contributed by atoms with E-state index in [1.165, 1.54) is 0 Å². The Morgan fingerprint density at radius 3 is 2.58 bits per heavy atom. The van der Waals surface area contributed by atoms with Crippen LogP contribution in [0.4, 0.5) is 0 Å². The molecule has 2 heterocycles. The molecular formula is C14H16ClNO3. The van der Waals surface area contributed by atoms with Crippen LogP contribution in [-0.4, -0.2) is 24.2 Å². The van der Waals surface area contributed by atoms with Crippen LogP contribution in [-0.2, 0) is 14.3 Å². The average molecular weight is 282 g/mol. The van der Waals surface area contributed by atoms with E-state index >= 15 is 0 Å². The lowest BCUT2D eigenvalue weighted by Gasteiger charge is -2.16. The molecule has 2 aliphatic heterocycles. The Hall–Kier alpha value is -1.10. The molecule has 0 N–H and O–H groups in total. The quantitative estimate of drug-likeness (QED) is 0.835. The summed E-state index contributed by atoms with van der Waals surface area (Å²) in [6.07, 6.45) is 0.568. The van der Waals surface area contributed by atoms with Crippen molar-refractivity contribution in [2.75, 3.05) is 6.61 Å². The minimum Gasteiger partial charge on any atom is -0.387 e. The first kappa shape index (κ1) is 12.9. The Kier molecular flexibility index (Phi) is 3.25. The number of oxime groups is 1. The van der Waals surface area contributed by atoms with E-state index in [-0.39, 0.29) is 12.2 Å². The molecule has 19 heavy (non-hydrogen) atoms. The Balaban J connectivity index is 1.65. The van der Waals surface area contributed by atoms with Gasteiger partial charge < -0.3 is 14.3 Å². The van der Waals surface area contributed by atoms with Crippen molar-refractivity contribution in [1.82, 2.24) is 0 Å². The highest BCUT2D eigenvalue weighted by Crippen LogP contribution is 2.32. The maximum atomic E-state index is 5.88. The van der Waals surface area contributed by atoms with Gasteiger partial charge >= 0.3 is 0 Å². The maximum Gasteiger partial charge on any atom is 0.163 e. The summed E-state index contributed by atoms with van der Waals surface area (Å²) in [4.78, 5) is 5.48. The van der Waals surface area contributed by atoms with E-state index in [0.29, 0.717) is 6.61 Å². The lowest BCUT2D eigenvalue weighted by molar-refractivity contribution is -0.131. The summed E-state index contributed by atoms with van der Waals surface area (Å²) >= 11 is 5.88. The lowest BCUT2D eigenvalue weighted by atomic mass is 10.0. The van der Waals surface area contributed by atoms with Gasteiger partial charge in [-0.25, -0.2) is 0 Å². The summed E-state index contributed by atoms with van der Waals surface area (Å²) in [7, 11) is 0. The Morgan fingerprint density at radius 1 is 1.21 bits per heavy atom. The predicted molar refractivity (Wildman–Crippen MR) is 72.2 cm³/mol. The van der Waals surface area contributed by atoms with E-state index in [2.05, 4.69) is 5.16 Å². The molecule has 0 spiro atoms. The number of hydrogen-bond acceptors (Lipinski definition) is 4. The maximum absolute atomic E-state index is 5.88. The molecule has 3 rings (SSSR count). The lowest BCUT2D eigenvalue weighted by Crippen LogP contribution is -2.26. The molecule has 0 radical (unpaired) electrons. The van der Waals surface area contributed by atoms with E-state index in [1.807, 2.05) is 38.1 Å². The van der Waals surface area contributed by atoms with Crippen molar-refractivity contribution in [2.24, 2.45) is 5.16 Å². The van der Waals surface area contributed by atoms with Crippen LogP contribution >= 0.6 is 11.6 Å². The van der Waals surface area contributed by atoms with Gasteiger partial charge in [-0.2, -0.15) is 0 Å². The van der Waals surface area contributed by atoms with Crippen LogP contribution in [0.15, 0.2) is 29.4 Å². The third-order valence-corrected chi connectivity index (χ3v) is 3.57. The largest absolute Gasteiger partial charge is 0.387 e. The van der Waals surface area contributed by atoms with Crippen LogP contribution in [0.1, 0.15) is 31.9 Å². The molecule has 0 aliphatic carbocycles. The monoisotopic (exact) mass is 281 g/mol. The topological polar surface area (TPSA) is 40.0 Å². The average Bonchev–Trinajstić information content (AvgIpc) is 2.96. The highest BCUT2D eigenvalue weighted by Gasteiger charge is 2.38. The second-order valence-electron chi connectivity index (χ2n) is 5.25. The first-order chi connectivity index (χ1) is 9.03. The molecule has 1 aromatic rings. The van der Waals surface area contributed by atoms with Crippen LogP contribution < -0.4 is 0 Å². The molecule has 4 nitrogen and oxygen atoms in total. The molecule has 1 aromatic carbocycles. The van der Waals surface area contributed by atoms with Crippen molar-refractivity contribution < 1.29 is 14.3 Å². The van der Waals surface area contributed by atoms with Crippen molar-refractivity contribution in [3.63, 3.8) is 0 Å². The fourth-order valence-corrected chi connectivity index (χ4v) is 2.42. The Bertz CT molecular complexity index is 498. The van der Waals surface area contributed by atoms with Crippen molar-refractivity contribution in [2.45, 2.75) is 38.3 Å². The van der Waals surface area contributed by atoms with E-state index in [0.717, 1.165) is 22.7 Å². The zero-order valence-electron chi connectivity index (χ0n) is 10.9. The zero-order valence-corrected chi connectivity index (χ0v) is 11.7. The van der Waals surface area contributed by atoms with E-state index < -0.39 is 5.79 Å². The fourth-order valence-electron chi connectivity index (χ4n) is 2.29. The molecule has 0 amide bonds. The first-order valence-electron chi connectivity index (χ1n) is 6.33. The molecular weight excluding hydrogens is 266 g/mol. The highest BCUT2D eigenvalue weighted by atomic mass is 35.5. The smallest absolute Gasteiger partial charge is 0.163 e. The van der Waals surface area contributed by atoms with Crippen LogP contribution in [0.3, 0.4) is 0 Å². The summed E-state index contributed by atoms with van der Waals surface area (Å²) < 4.78 is 11.3.